The van der Waals surface area contributed by atoms with Gasteiger partial charge in [-0.15, -0.1) is 0 Å². The van der Waals surface area contributed by atoms with Crippen LogP contribution in [0.25, 0.3) is 0 Å². The summed E-state index contributed by atoms with van der Waals surface area (Å²) in [5.74, 6) is 0.882. The van der Waals surface area contributed by atoms with E-state index in [1.54, 1.807) is 5.56 Å². The van der Waals surface area contributed by atoms with Crippen LogP contribution >= 0.6 is 23.2 Å². The van der Waals surface area contributed by atoms with E-state index in [0.29, 0.717) is 15.5 Å². The number of likely N-dealkylation sites (tertiary alicyclic amines) is 1. The summed E-state index contributed by atoms with van der Waals surface area (Å²) in [4.78, 5) is 7.48. The SMILES string of the molecule is CCN1CC2CC2(c2ccc(N3CCN(c4ccc(Cl)c(Cl)c4)CC3)cc2)C1. The predicted molar refractivity (Wildman–Crippen MR) is 119 cm³/mol. The molecule has 0 bridgehead atoms. The fraction of sp³-hybridized carbons (Fsp3) is 0.478. The average Bonchev–Trinajstić information content (AvgIpc) is 3.31. The highest BCUT2D eigenvalue weighted by atomic mass is 35.5. The summed E-state index contributed by atoms with van der Waals surface area (Å²) in [6.07, 6.45) is 1.38. The normalized spacial score (nSPS) is 27.2. The number of piperidine rings is 1. The van der Waals surface area contributed by atoms with E-state index >= 15 is 0 Å². The van der Waals surface area contributed by atoms with Gasteiger partial charge >= 0.3 is 0 Å². The lowest BCUT2D eigenvalue weighted by molar-refractivity contribution is 0.314. The number of nitrogens with zero attached hydrogens (tertiary/aromatic N) is 3. The first-order chi connectivity index (χ1) is 13.6. The molecule has 0 spiro atoms. The summed E-state index contributed by atoms with van der Waals surface area (Å²) in [5, 5.41) is 1.24. The lowest BCUT2D eigenvalue weighted by Gasteiger charge is -2.37. The first kappa shape index (κ1) is 18.6. The highest BCUT2D eigenvalue weighted by molar-refractivity contribution is 6.42. The number of hydrogen-bond donors (Lipinski definition) is 0. The van der Waals surface area contributed by atoms with Crippen molar-refractivity contribution in [1.82, 2.24) is 4.90 Å². The van der Waals surface area contributed by atoms with Gasteiger partial charge in [0.15, 0.2) is 0 Å². The van der Waals surface area contributed by atoms with Crippen molar-refractivity contribution >= 4 is 34.6 Å². The number of halogens is 2. The maximum Gasteiger partial charge on any atom is 0.0612 e. The maximum atomic E-state index is 6.19. The Labute approximate surface area is 177 Å². The topological polar surface area (TPSA) is 9.72 Å². The number of rotatable bonds is 4. The lowest BCUT2D eigenvalue weighted by Crippen LogP contribution is -2.46. The number of fused-ring (bicyclic) bond motifs is 1. The largest absolute Gasteiger partial charge is 0.368 e. The van der Waals surface area contributed by atoms with Gasteiger partial charge in [0, 0.05) is 56.1 Å². The lowest BCUT2D eigenvalue weighted by atomic mass is 9.94. The highest BCUT2D eigenvalue weighted by Crippen LogP contribution is 2.59. The van der Waals surface area contributed by atoms with Gasteiger partial charge in [0.25, 0.3) is 0 Å². The van der Waals surface area contributed by atoms with E-state index in [0.717, 1.165) is 37.8 Å². The van der Waals surface area contributed by atoms with E-state index in [9.17, 15) is 0 Å². The minimum atomic E-state index is 0.459. The molecule has 2 aliphatic heterocycles. The zero-order valence-electron chi connectivity index (χ0n) is 16.4. The second kappa shape index (κ2) is 7.12. The molecule has 3 fully saturated rings. The summed E-state index contributed by atoms with van der Waals surface area (Å²) in [6.45, 7) is 10.0. The van der Waals surface area contributed by atoms with Crippen LogP contribution in [0.15, 0.2) is 42.5 Å². The van der Waals surface area contributed by atoms with Crippen LogP contribution in [0.1, 0.15) is 18.9 Å². The molecule has 0 radical (unpaired) electrons. The molecule has 3 aliphatic rings. The first-order valence-corrected chi connectivity index (χ1v) is 11.1. The second-order valence-corrected chi connectivity index (χ2v) is 9.32. The summed E-state index contributed by atoms with van der Waals surface area (Å²) >= 11 is 12.2. The zero-order valence-corrected chi connectivity index (χ0v) is 17.9. The Morgan fingerprint density at radius 3 is 2.14 bits per heavy atom. The van der Waals surface area contributed by atoms with Gasteiger partial charge in [-0.1, -0.05) is 42.3 Å². The molecule has 1 saturated carbocycles. The predicted octanol–water partition coefficient (Wildman–Crippen LogP) is 4.91. The van der Waals surface area contributed by atoms with Crippen LogP contribution in [-0.4, -0.2) is 50.7 Å². The summed E-state index contributed by atoms with van der Waals surface area (Å²) in [5.41, 5.74) is 4.51. The van der Waals surface area contributed by atoms with E-state index in [-0.39, 0.29) is 0 Å². The Hall–Kier alpha value is -1.42. The molecule has 148 valence electrons. The number of hydrogen-bond acceptors (Lipinski definition) is 3. The Morgan fingerprint density at radius 2 is 1.54 bits per heavy atom. The minimum absolute atomic E-state index is 0.459. The van der Waals surface area contributed by atoms with Gasteiger partial charge in [0.2, 0.25) is 0 Å². The highest BCUT2D eigenvalue weighted by Gasteiger charge is 2.60. The van der Waals surface area contributed by atoms with Crippen molar-refractivity contribution in [1.29, 1.82) is 0 Å². The van der Waals surface area contributed by atoms with Gasteiger partial charge < -0.3 is 14.7 Å². The van der Waals surface area contributed by atoms with E-state index in [2.05, 4.69) is 52.0 Å². The van der Waals surface area contributed by atoms with Gasteiger partial charge in [0.05, 0.1) is 10.0 Å². The molecule has 2 heterocycles. The van der Waals surface area contributed by atoms with Crippen LogP contribution in [0.3, 0.4) is 0 Å². The van der Waals surface area contributed by atoms with Crippen molar-refractivity contribution in [3.05, 3.63) is 58.1 Å². The third-order valence-electron chi connectivity index (χ3n) is 7.02. The van der Waals surface area contributed by atoms with Crippen molar-refractivity contribution in [3.63, 3.8) is 0 Å². The molecule has 2 aromatic rings. The number of likely N-dealkylation sites (N-methyl/N-ethyl adjacent to an activating group) is 1. The molecule has 2 unspecified atom stereocenters. The standard InChI is InChI=1S/C23H27Cl2N3/c1-2-26-15-18-14-23(18,16-26)17-3-5-19(6-4-17)27-9-11-28(12-10-27)20-7-8-21(24)22(25)13-20/h3-8,13,18H,2,9-12,14-16H2,1H3. The van der Waals surface area contributed by atoms with Crippen molar-refractivity contribution < 1.29 is 0 Å². The first-order valence-electron chi connectivity index (χ1n) is 10.4. The van der Waals surface area contributed by atoms with E-state index in [1.807, 2.05) is 12.1 Å². The molecular formula is C23H27Cl2N3. The third-order valence-corrected chi connectivity index (χ3v) is 7.76. The fourth-order valence-electron chi connectivity index (χ4n) is 5.18. The van der Waals surface area contributed by atoms with Crippen LogP contribution in [0.4, 0.5) is 11.4 Å². The Kier molecular flexibility index (Phi) is 4.73. The van der Waals surface area contributed by atoms with Crippen molar-refractivity contribution in [2.24, 2.45) is 5.92 Å². The molecular weight excluding hydrogens is 389 g/mol. The molecule has 0 N–H and O–H groups in total. The molecule has 28 heavy (non-hydrogen) atoms. The Morgan fingerprint density at radius 1 is 0.893 bits per heavy atom. The van der Waals surface area contributed by atoms with Crippen LogP contribution in [0.5, 0.6) is 0 Å². The van der Waals surface area contributed by atoms with Crippen LogP contribution < -0.4 is 9.80 Å². The molecule has 5 rings (SSSR count). The van der Waals surface area contributed by atoms with Gasteiger partial charge in [-0.25, -0.2) is 0 Å². The Bertz CT molecular complexity index is 861. The van der Waals surface area contributed by atoms with E-state index in [1.165, 1.54) is 31.7 Å². The van der Waals surface area contributed by atoms with Gasteiger partial charge in [-0.2, -0.15) is 0 Å². The molecule has 3 nitrogen and oxygen atoms in total. The molecule has 1 aliphatic carbocycles. The van der Waals surface area contributed by atoms with Gasteiger partial charge in [-0.3, -0.25) is 0 Å². The van der Waals surface area contributed by atoms with Crippen LogP contribution in [0.2, 0.25) is 10.0 Å². The molecule has 0 aromatic heterocycles. The van der Waals surface area contributed by atoms with Crippen molar-refractivity contribution in [3.8, 4) is 0 Å². The van der Waals surface area contributed by atoms with Crippen molar-refractivity contribution in [2.75, 3.05) is 55.6 Å². The monoisotopic (exact) mass is 415 g/mol. The van der Waals surface area contributed by atoms with Gasteiger partial charge in [0.1, 0.15) is 0 Å². The minimum Gasteiger partial charge on any atom is -0.368 e. The molecule has 2 atom stereocenters. The second-order valence-electron chi connectivity index (χ2n) is 8.50. The smallest absolute Gasteiger partial charge is 0.0612 e. The van der Waals surface area contributed by atoms with Gasteiger partial charge in [-0.05, 0) is 54.8 Å². The van der Waals surface area contributed by atoms with Crippen LogP contribution in [-0.2, 0) is 5.41 Å². The fourth-order valence-corrected chi connectivity index (χ4v) is 5.48. The van der Waals surface area contributed by atoms with Crippen LogP contribution in [0, 0.1) is 5.92 Å². The van der Waals surface area contributed by atoms with Crippen molar-refractivity contribution in [2.45, 2.75) is 18.8 Å². The summed E-state index contributed by atoms with van der Waals surface area (Å²) in [7, 11) is 0. The number of benzene rings is 2. The Balaban J connectivity index is 1.23. The summed E-state index contributed by atoms with van der Waals surface area (Å²) in [6, 6.07) is 15.4. The maximum absolute atomic E-state index is 6.19. The quantitative estimate of drug-likeness (QED) is 0.701. The summed E-state index contributed by atoms with van der Waals surface area (Å²) < 4.78 is 0. The molecule has 2 aromatic carbocycles. The molecule has 2 saturated heterocycles. The molecule has 5 heteroatoms. The van der Waals surface area contributed by atoms with E-state index in [4.69, 9.17) is 23.2 Å². The third kappa shape index (κ3) is 3.18. The van der Waals surface area contributed by atoms with E-state index < -0.39 is 0 Å². The number of anilines is 2. The number of piperazine rings is 1. The molecule has 0 amide bonds. The zero-order chi connectivity index (χ0) is 19.3. The average molecular weight is 416 g/mol.